The lowest BCUT2D eigenvalue weighted by molar-refractivity contribution is 0.00372. The molecule has 20 heavy (non-hydrogen) atoms. The average molecular weight is 341 g/mol. The molecular formula is C15H17BrO4. The van der Waals surface area contributed by atoms with Crippen molar-refractivity contribution in [2.75, 3.05) is 7.11 Å². The summed E-state index contributed by atoms with van der Waals surface area (Å²) in [4.78, 5) is 12.2. The van der Waals surface area contributed by atoms with Gasteiger partial charge in [0.1, 0.15) is 16.9 Å². The van der Waals surface area contributed by atoms with Crippen LogP contribution < -0.4 is 4.74 Å². The lowest BCUT2D eigenvalue weighted by atomic mass is 10.1. The molecule has 5 heteroatoms. The van der Waals surface area contributed by atoms with Gasteiger partial charge in [-0.3, -0.25) is 0 Å². The van der Waals surface area contributed by atoms with Crippen LogP contribution >= 0.6 is 15.9 Å². The van der Waals surface area contributed by atoms with E-state index in [1.165, 1.54) is 0 Å². The van der Waals surface area contributed by atoms with Crippen molar-refractivity contribution in [3.05, 3.63) is 27.9 Å². The number of hydrogen-bond donors (Lipinski definition) is 0. The summed E-state index contributed by atoms with van der Waals surface area (Å²) in [5.41, 5.74) is 0.753. The van der Waals surface area contributed by atoms with E-state index in [2.05, 4.69) is 15.9 Å². The molecule has 0 aliphatic heterocycles. The Hall–Kier alpha value is -1.49. The molecule has 0 aliphatic carbocycles. The molecule has 0 fully saturated rings. The molecule has 0 saturated heterocycles. The number of benzene rings is 1. The predicted octanol–water partition coefficient (Wildman–Crippen LogP) is 4.47. The van der Waals surface area contributed by atoms with Gasteiger partial charge in [0.15, 0.2) is 0 Å². The van der Waals surface area contributed by atoms with Gasteiger partial charge in [-0.05, 0) is 55.8 Å². The van der Waals surface area contributed by atoms with Gasteiger partial charge in [0.25, 0.3) is 0 Å². The van der Waals surface area contributed by atoms with Crippen LogP contribution in [0, 0.1) is 6.92 Å². The van der Waals surface area contributed by atoms with Crippen LogP contribution in [0.2, 0.25) is 0 Å². The molecule has 108 valence electrons. The van der Waals surface area contributed by atoms with E-state index in [4.69, 9.17) is 13.9 Å². The van der Waals surface area contributed by atoms with E-state index in [0.717, 1.165) is 9.86 Å². The van der Waals surface area contributed by atoms with Crippen molar-refractivity contribution in [2.24, 2.45) is 0 Å². The second-order valence-electron chi connectivity index (χ2n) is 5.51. The van der Waals surface area contributed by atoms with Crippen molar-refractivity contribution < 1.29 is 18.7 Å². The number of aryl methyl sites for hydroxylation is 1. The van der Waals surface area contributed by atoms with Gasteiger partial charge < -0.3 is 13.9 Å². The van der Waals surface area contributed by atoms with Gasteiger partial charge in [0.2, 0.25) is 5.76 Å². The highest BCUT2D eigenvalue weighted by molar-refractivity contribution is 9.10. The zero-order valence-corrected chi connectivity index (χ0v) is 13.8. The summed E-state index contributed by atoms with van der Waals surface area (Å²) in [6, 6.07) is 3.62. The average Bonchev–Trinajstić information content (AvgIpc) is 2.65. The monoisotopic (exact) mass is 340 g/mol. The highest BCUT2D eigenvalue weighted by Gasteiger charge is 2.26. The van der Waals surface area contributed by atoms with Gasteiger partial charge in [-0.1, -0.05) is 0 Å². The Morgan fingerprint density at radius 2 is 1.95 bits per heavy atom. The largest absolute Gasteiger partial charge is 0.495 e. The van der Waals surface area contributed by atoms with Gasteiger partial charge in [0.05, 0.1) is 17.0 Å². The SMILES string of the molecule is COc1c(Br)ccc2oc(C(=O)OC(C)(C)C)c(C)c12. The first-order valence-electron chi connectivity index (χ1n) is 6.23. The van der Waals surface area contributed by atoms with Crippen molar-refractivity contribution in [3.8, 4) is 5.75 Å². The molecule has 0 atom stereocenters. The van der Waals surface area contributed by atoms with Crippen LogP contribution in [0.4, 0.5) is 0 Å². The van der Waals surface area contributed by atoms with Crippen LogP contribution in [-0.2, 0) is 4.74 Å². The molecule has 1 heterocycles. The summed E-state index contributed by atoms with van der Waals surface area (Å²) in [6.45, 7) is 7.28. The summed E-state index contributed by atoms with van der Waals surface area (Å²) in [5, 5.41) is 0.780. The molecule has 2 aromatic rings. The topological polar surface area (TPSA) is 48.7 Å². The third-order valence-electron chi connectivity index (χ3n) is 2.79. The molecule has 0 bridgehead atoms. The van der Waals surface area contributed by atoms with Crippen molar-refractivity contribution in [1.29, 1.82) is 0 Å². The van der Waals surface area contributed by atoms with Gasteiger partial charge in [0, 0.05) is 5.56 Å². The van der Waals surface area contributed by atoms with Crippen molar-refractivity contribution in [2.45, 2.75) is 33.3 Å². The second kappa shape index (κ2) is 5.13. The third kappa shape index (κ3) is 2.68. The molecule has 1 aromatic heterocycles. The van der Waals surface area contributed by atoms with E-state index in [-0.39, 0.29) is 5.76 Å². The Balaban J connectivity index is 2.58. The zero-order valence-electron chi connectivity index (χ0n) is 12.2. The lowest BCUT2D eigenvalue weighted by Gasteiger charge is -2.18. The number of esters is 1. The van der Waals surface area contributed by atoms with Crippen LogP contribution in [0.15, 0.2) is 21.0 Å². The minimum atomic E-state index is -0.562. The van der Waals surface area contributed by atoms with Gasteiger partial charge in [-0.2, -0.15) is 0 Å². The third-order valence-corrected chi connectivity index (χ3v) is 3.41. The standard InChI is InChI=1S/C15H17BrO4/c1-8-11-10(7-6-9(16)13(11)18-5)19-12(8)14(17)20-15(2,3)4/h6-7H,1-5H3. The Kier molecular flexibility index (Phi) is 3.82. The summed E-state index contributed by atoms with van der Waals surface area (Å²) in [6.07, 6.45) is 0. The number of halogens is 1. The number of furan rings is 1. The number of carbonyl (C=O) groups is 1. The summed E-state index contributed by atoms with van der Waals surface area (Å²) >= 11 is 3.42. The number of carbonyl (C=O) groups excluding carboxylic acids is 1. The molecule has 0 aliphatic rings. The second-order valence-corrected chi connectivity index (χ2v) is 6.37. The van der Waals surface area contributed by atoms with Gasteiger partial charge >= 0.3 is 5.97 Å². The number of rotatable bonds is 2. The van der Waals surface area contributed by atoms with Crippen LogP contribution in [0.1, 0.15) is 36.9 Å². The van der Waals surface area contributed by atoms with Crippen LogP contribution in [0.25, 0.3) is 11.0 Å². The normalized spacial score (nSPS) is 11.7. The maximum atomic E-state index is 12.2. The predicted molar refractivity (Wildman–Crippen MR) is 80.4 cm³/mol. The molecule has 0 saturated carbocycles. The Morgan fingerprint density at radius 1 is 1.30 bits per heavy atom. The molecule has 4 nitrogen and oxygen atoms in total. The van der Waals surface area contributed by atoms with E-state index in [1.54, 1.807) is 13.2 Å². The lowest BCUT2D eigenvalue weighted by Crippen LogP contribution is -2.23. The molecule has 1 aromatic carbocycles. The molecule has 0 spiro atoms. The maximum Gasteiger partial charge on any atom is 0.375 e. The van der Waals surface area contributed by atoms with Crippen LogP contribution in [-0.4, -0.2) is 18.7 Å². The molecule has 2 rings (SSSR count). The summed E-state index contributed by atoms with van der Waals surface area (Å²) < 4.78 is 17.2. The van der Waals surface area contributed by atoms with E-state index in [0.29, 0.717) is 16.9 Å². The number of methoxy groups -OCH3 is 1. The van der Waals surface area contributed by atoms with E-state index in [1.807, 2.05) is 33.8 Å². The first-order valence-corrected chi connectivity index (χ1v) is 7.03. The minimum absolute atomic E-state index is 0.214. The first-order chi connectivity index (χ1) is 9.24. The molecule has 0 unspecified atom stereocenters. The Bertz CT molecular complexity index is 665. The molecule has 0 radical (unpaired) electrons. The number of ether oxygens (including phenoxy) is 2. The molecular weight excluding hydrogens is 324 g/mol. The fraction of sp³-hybridized carbons (Fsp3) is 0.400. The minimum Gasteiger partial charge on any atom is -0.495 e. The van der Waals surface area contributed by atoms with Crippen LogP contribution in [0.3, 0.4) is 0 Å². The Morgan fingerprint density at radius 3 is 2.50 bits per heavy atom. The van der Waals surface area contributed by atoms with Crippen molar-refractivity contribution in [1.82, 2.24) is 0 Å². The number of fused-ring (bicyclic) bond motifs is 1. The number of hydrogen-bond acceptors (Lipinski definition) is 4. The van der Waals surface area contributed by atoms with E-state index in [9.17, 15) is 4.79 Å². The summed E-state index contributed by atoms with van der Waals surface area (Å²) in [7, 11) is 1.58. The highest BCUT2D eigenvalue weighted by atomic mass is 79.9. The first kappa shape index (κ1) is 14.9. The quantitative estimate of drug-likeness (QED) is 0.757. The fourth-order valence-corrected chi connectivity index (χ4v) is 2.49. The van der Waals surface area contributed by atoms with E-state index < -0.39 is 11.6 Å². The van der Waals surface area contributed by atoms with Crippen LogP contribution in [0.5, 0.6) is 5.75 Å². The maximum absolute atomic E-state index is 12.2. The van der Waals surface area contributed by atoms with Gasteiger partial charge in [-0.15, -0.1) is 0 Å². The molecule has 0 amide bonds. The smallest absolute Gasteiger partial charge is 0.375 e. The van der Waals surface area contributed by atoms with Gasteiger partial charge in [-0.25, -0.2) is 4.79 Å². The van der Waals surface area contributed by atoms with Crippen molar-refractivity contribution in [3.63, 3.8) is 0 Å². The van der Waals surface area contributed by atoms with Crippen molar-refractivity contribution >= 4 is 32.9 Å². The fourth-order valence-electron chi connectivity index (χ4n) is 2.00. The van der Waals surface area contributed by atoms with E-state index >= 15 is 0 Å². The Labute approximate surface area is 126 Å². The summed E-state index contributed by atoms with van der Waals surface area (Å²) in [5.74, 6) is 0.397. The zero-order chi connectivity index (χ0) is 15.1. The molecule has 0 N–H and O–H groups in total. The highest BCUT2D eigenvalue weighted by Crippen LogP contribution is 2.38.